The quantitative estimate of drug-likeness (QED) is 0.454. The first-order valence-electron chi connectivity index (χ1n) is 5.40. The Hall–Kier alpha value is -1.79. The van der Waals surface area contributed by atoms with Crippen molar-refractivity contribution in [2.24, 2.45) is 0 Å². The first-order valence-corrected chi connectivity index (χ1v) is 5.78. The minimum Gasteiger partial charge on any atom is -0.457 e. The highest BCUT2D eigenvalue weighted by Gasteiger charge is 2.13. The van der Waals surface area contributed by atoms with Gasteiger partial charge >= 0.3 is 5.97 Å². The third kappa shape index (κ3) is 4.60. The van der Waals surface area contributed by atoms with Gasteiger partial charge in [0.05, 0.1) is 6.57 Å². The zero-order valence-electron chi connectivity index (χ0n) is 10.5. The maximum absolute atomic E-state index is 11.4. The van der Waals surface area contributed by atoms with Crippen molar-refractivity contribution in [1.29, 1.82) is 0 Å². The lowest BCUT2D eigenvalue weighted by Crippen LogP contribution is -2.22. The van der Waals surface area contributed by atoms with E-state index in [4.69, 9.17) is 22.9 Å². The summed E-state index contributed by atoms with van der Waals surface area (Å²) < 4.78 is 5.13. The fourth-order valence-electron chi connectivity index (χ4n) is 1.22. The maximum atomic E-state index is 11.4. The predicted octanol–water partition coefficient (Wildman–Crippen LogP) is 4.25. The average Bonchev–Trinajstić information content (AvgIpc) is 2.24. The Kier molecular flexibility index (Phi) is 4.52. The first-order chi connectivity index (χ1) is 8.31. The lowest BCUT2D eigenvalue weighted by molar-refractivity contribution is -0.148. The summed E-state index contributed by atoms with van der Waals surface area (Å²) in [7, 11) is 0. The topological polar surface area (TPSA) is 30.7 Å². The fraction of sp³-hybridized carbons (Fsp3) is 0.286. The van der Waals surface area contributed by atoms with Crippen molar-refractivity contribution in [1.82, 2.24) is 0 Å². The molecule has 0 aliphatic carbocycles. The number of carbonyl (C=O) groups excluding carboxylic acids is 1. The van der Waals surface area contributed by atoms with Crippen LogP contribution in [-0.2, 0) is 9.53 Å². The Bertz CT molecular complexity index is 522. The fourth-order valence-corrected chi connectivity index (χ4v) is 1.45. The Labute approximate surface area is 112 Å². The van der Waals surface area contributed by atoms with Gasteiger partial charge in [0, 0.05) is 11.1 Å². The van der Waals surface area contributed by atoms with Crippen LogP contribution in [0.4, 0.5) is 5.69 Å². The van der Waals surface area contributed by atoms with E-state index < -0.39 is 11.6 Å². The van der Waals surface area contributed by atoms with E-state index >= 15 is 0 Å². The molecule has 0 saturated carbocycles. The van der Waals surface area contributed by atoms with Gasteiger partial charge in [0.25, 0.3) is 0 Å². The molecule has 1 rings (SSSR count). The van der Waals surface area contributed by atoms with Crippen LogP contribution in [-0.4, -0.2) is 11.6 Å². The molecular formula is C14H14ClNO2. The van der Waals surface area contributed by atoms with Gasteiger partial charge in [0.1, 0.15) is 5.60 Å². The van der Waals surface area contributed by atoms with Crippen LogP contribution in [0, 0.1) is 6.57 Å². The van der Waals surface area contributed by atoms with Crippen molar-refractivity contribution < 1.29 is 9.53 Å². The van der Waals surface area contributed by atoms with Crippen LogP contribution in [0.5, 0.6) is 0 Å². The predicted molar refractivity (Wildman–Crippen MR) is 72.6 cm³/mol. The summed E-state index contributed by atoms with van der Waals surface area (Å²) in [4.78, 5) is 14.7. The Morgan fingerprint density at radius 1 is 1.44 bits per heavy atom. The Morgan fingerprint density at radius 3 is 2.61 bits per heavy atom. The number of benzene rings is 1. The van der Waals surface area contributed by atoms with Gasteiger partial charge in [-0.05, 0) is 38.5 Å². The van der Waals surface area contributed by atoms with Crippen LogP contribution in [0.2, 0.25) is 5.02 Å². The number of carbonyl (C=O) groups is 1. The standard InChI is InChI=1S/C14H14ClNO2/c1-14(2,3)18-13(17)8-6-10-5-7-12(16-4)11(15)9-10/h5-9H,1-3H3. The van der Waals surface area contributed by atoms with Gasteiger partial charge in [-0.25, -0.2) is 9.64 Å². The summed E-state index contributed by atoms with van der Waals surface area (Å²) in [5, 5.41) is 0.372. The second-order valence-corrected chi connectivity index (χ2v) is 5.10. The van der Waals surface area contributed by atoms with Gasteiger partial charge in [-0.3, -0.25) is 0 Å². The molecule has 4 heteroatoms. The molecule has 0 heterocycles. The molecule has 0 bridgehead atoms. The molecule has 0 spiro atoms. The van der Waals surface area contributed by atoms with Crippen LogP contribution in [0.25, 0.3) is 10.9 Å². The summed E-state index contributed by atoms with van der Waals surface area (Å²) in [6.45, 7) is 12.3. The number of hydrogen-bond donors (Lipinski definition) is 0. The average molecular weight is 264 g/mol. The number of ether oxygens (including phenoxy) is 1. The van der Waals surface area contributed by atoms with E-state index in [1.165, 1.54) is 6.08 Å². The van der Waals surface area contributed by atoms with Crippen LogP contribution < -0.4 is 0 Å². The van der Waals surface area contributed by atoms with E-state index in [1.807, 2.05) is 0 Å². The zero-order chi connectivity index (χ0) is 13.8. The molecule has 0 radical (unpaired) electrons. The van der Waals surface area contributed by atoms with E-state index in [1.54, 1.807) is 45.0 Å². The monoisotopic (exact) mass is 263 g/mol. The molecule has 0 aliphatic heterocycles. The smallest absolute Gasteiger partial charge is 0.331 e. The van der Waals surface area contributed by atoms with Crippen LogP contribution in [0.1, 0.15) is 26.3 Å². The summed E-state index contributed by atoms with van der Waals surface area (Å²) in [6.07, 6.45) is 2.95. The van der Waals surface area contributed by atoms with Gasteiger partial charge < -0.3 is 4.74 Å². The van der Waals surface area contributed by atoms with E-state index in [-0.39, 0.29) is 0 Å². The molecule has 0 amide bonds. The summed E-state index contributed by atoms with van der Waals surface area (Å²) >= 11 is 5.89. The van der Waals surface area contributed by atoms with Crippen LogP contribution >= 0.6 is 11.6 Å². The normalized spacial score (nSPS) is 11.3. The molecule has 0 atom stereocenters. The van der Waals surface area contributed by atoms with E-state index in [2.05, 4.69) is 4.85 Å². The second kappa shape index (κ2) is 5.70. The zero-order valence-corrected chi connectivity index (χ0v) is 11.3. The number of rotatable bonds is 2. The SMILES string of the molecule is [C-]#[N+]c1ccc(C=CC(=O)OC(C)(C)C)cc1Cl. The van der Waals surface area contributed by atoms with Crippen molar-refractivity contribution >= 4 is 29.3 Å². The molecule has 0 saturated heterocycles. The highest BCUT2D eigenvalue weighted by atomic mass is 35.5. The molecule has 1 aromatic rings. The van der Waals surface area contributed by atoms with Gasteiger partial charge in [-0.1, -0.05) is 23.7 Å². The van der Waals surface area contributed by atoms with Crippen LogP contribution in [0.15, 0.2) is 24.3 Å². The van der Waals surface area contributed by atoms with Crippen LogP contribution in [0.3, 0.4) is 0 Å². The second-order valence-electron chi connectivity index (χ2n) is 4.69. The van der Waals surface area contributed by atoms with Crippen molar-refractivity contribution in [3.05, 3.63) is 46.3 Å². The lowest BCUT2D eigenvalue weighted by Gasteiger charge is -2.17. The van der Waals surface area contributed by atoms with Gasteiger partial charge in [0.2, 0.25) is 5.69 Å². The summed E-state index contributed by atoms with van der Waals surface area (Å²) in [5.41, 5.74) is 0.636. The first kappa shape index (κ1) is 14.3. The molecule has 0 N–H and O–H groups in total. The molecule has 1 aromatic carbocycles. The molecule has 0 aliphatic rings. The number of nitrogens with zero attached hydrogens (tertiary/aromatic N) is 1. The van der Waals surface area contributed by atoms with Crippen molar-refractivity contribution in [3.63, 3.8) is 0 Å². The highest BCUT2D eigenvalue weighted by molar-refractivity contribution is 6.33. The van der Waals surface area contributed by atoms with Crippen molar-refractivity contribution in [2.75, 3.05) is 0 Å². The molecule has 0 aromatic heterocycles. The molecule has 0 fully saturated rings. The van der Waals surface area contributed by atoms with E-state index in [0.717, 1.165) is 5.56 Å². The summed E-state index contributed by atoms with van der Waals surface area (Å²) in [5.74, 6) is -0.409. The maximum Gasteiger partial charge on any atom is 0.331 e. The minimum absolute atomic E-state index is 0.372. The van der Waals surface area contributed by atoms with E-state index in [9.17, 15) is 4.79 Å². The number of halogens is 1. The molecule has 94 valence electrons. The minimum atomic E-state index is -0.507. The van der Waals surface area contributed by atoms with Gasteiger partial charge in [-0.2, -0.15) is 0 Å². The largest absolute Gasteiger partial charge is 0.457 e. The van der Waals surface area contributed by atoms with E-state index in [0.29, 0.717) is 10.7 Å². The highest BCUT2D eigenvalue weighted by Crippen LogP contribution is 2.26. The third-order valence-electron chi connectivity index (χ3n) is 1.91. The number of hydrogen-bond acceptors (Lipinski definition) is 2. The van der Waals surface area contributed by atoms with Gasteiger partial charge in [-0.15, -0.1) is 0 Å². The van der Waals surface area contributed by atoms with Crippen molar-refractivity contribution in [3.8, 4) is 0 Å². The summed E-state index contributed by atoms with van der Waals surface area (Å²) in [6, 6.07) is 4.97. The molecular weight excluding hydrogens is 250 g/mol. The molecule has 18 heavy (non-hydrogen) atoms. The molecule has 3 nitrogen and oxygen atoms in total. The molecule has 0 unspecified atom stereocenters. The van der Waals surface area contributed by atoms with Crippen molar-refractivity contribution in [2.45, 2.75) is 26.4 Å². The lowest BCUT2D eigenvalue weighted by atomic mass is 10.2. The Balaban J connectivity index is 2.77. The number of esters is 1. The Morgan fingerprint density at radius 2 is 2.11 bits per heavy atom. The third-order valence-corrected chi connectivity index (χ3v) is 2.21. The van der Waals surface area contributed by atoms with Gasteiger partial charge in [0.15, 0.2) is 0 Å².